The van der Waals surface area contributed by atoms with Gasteiger partial charge in [-0.2, -0.15) is 0 Å². The summed E-state index contributed by atoms with van der Waals surface area (Å²) in [6.07, 6.45) is 0. The molecule has 0 spiro atoms. The van der Waals surface area contributed by atoms with E-state index in [-0.39, 0.29) is 21.7 Å². The minimum absolute atomic E-state index is 0.0836. The summed E-state index contributed by atoms with van der Waals surface area (Å²) in [5.41, 5.74) is 0.289. The molecule has 0 aliphatic carbocycles. The summed E-state index contributed by atoms with van der Waals surface area (Å²) in [7, 11) is -0.706. The van der Waals surface area contributed by atoms with Gasteiger partial charge in [-0.15, -0.1) is 11.8 Å². The molecular weight excluding hydrogens is 344 g/mol. The highest BCUT2D eigenvalue weighted by atomic mass is 32.2. The normalized spacial score (nSPS) is 12.8. The molecule has 1 atom stereocenters. The number of rotatable bonds is 6. The van der Waals surface area contributed by atoms with Crippen molar-refractivity contribution in [2.45, 2.75) is 22.0 Å². The number of thioether (sulfide) groups is 1. The third-order valence-electron chi connectivity index (χ3n) is 3.33. The van der Waals surface area contributed by atoms with Gasteiger partial charge in [0.2, 0.25) is 15.9 Å². The van der Waals surface area contributed by atoms with Gasteiger partial charge in [0.1, 0.15) is 4.90 Å². The molecule has 5 nitrogen and oxygen atoms in total. The summed E-state index contributed by atoms with van der Waals surface area (Å²) in [6, 6.07) is 16.0. The maximum atomic E-state index is 12.4. The average Bonchev–Trinajstić information content (AvgIpc) is 2.56. The molecule has 0 heterocycles. The second-order valence-electron chi connectivity index (χ2n) is 5.35. The van der Waals surface area contributed by atoms with Crippen molar-refractivity contribution in [2.24, 2.45) is 0 Å². The van der Waals surface area contributed by atoms with Gasteiger partial charge in [0.05, 0.1) is 10.9 Å². The number of hydrogen-bond donors (Lipinski definition) is 1. The summed E-state index contributed by atoms with van der Waals surface area (Å²) in [6.45, 7) is 1.79. The van der Waals surface area contributed by atoms with Crippen LogP contribution >= 0.6 is 11.8 Å². The Labute approximate surface area is 147 Å². The van der Waals surface area contributed by atoms with Crippen LogP contribution in [0.15, 0.2) is 64.4 Å². The molecule has 1 N–H and O–H groups in total. The summed E-state index contributed by atoms with van der Waals surface area (Å²) < 4.78 is 25.9. The van der Waals surface area contributed by atoms with Crippen molar-refractivity contribution in [3.05, 3.63) is 54.6 Å². The Bertz CT molecular complexity index is 806. The van der Waals surface area contributed by atoms with Crippen molar-refractivity contribution in [3.8, 4) is 0 Å². The highest BCUT2D eigenvalue weighted by Gasteiger charge is 2.23. The maximum Gasteiger partial charge on any atom is 0.244 e. The van der Waals surface area contributed by atoms with E-state index in [9.17, 15) is 13.2 Å². The molecule has 128 valence electrons. The van der Waals surface area contributed by atoms with Gasteiger partial charge in [-0.1, -0.05) is 30.3 Å². The van der Waals surface area contributed by atoms with E-state index in [1.807, 2.05) is 30.3 Å². The quantitative estimate of drug-likeness (QED) is 0.800. The van der Waals surface area contributed by atoms with Crippen molar-refractivity contribution < 1.29 is 13.2 Å². The topological polar surface area (TPSA) is 66.5 Å². The lowest BCUT2D eigenvalue weighted by atomic mass is 10.3. The van der Waals surface area contributed by atoms with Gasteiger partial charge in [0, 0.05) is 19.0 Å². The molecule has 2 rings (SSSR count). The van der Waals surface area contributed by atoms with E-state index in [4.69, 9.17) is 0 Å². The zero-order valence-electron chi connectivity index (χ0n) is 13.8. The number of sulfonamides is 1. The van der Waals surface area contributed by atoms with Gasteiger partial charge >= 0.3 is 0 Å². The predicted octanol–water partition coefficient (Wildman–Crippen LogP) is 3.06. The van der Waals surface area contributed by atoms with Crippen molar-refractivity contribution >= 4 is 33.4 Å². The number of carbonyl (C=O) groups is 1. The average molecular weight is 364 g/mol. The molecule has 0 aromatic heterocycles. The number of nitrogens with one attached hydrogen (secondary N) is 1. The first-order chi connectivity index (χ1) is 11.3. The summed E-state index contributed by atoms with van der Waals surface area (Å²) >= 11 is 1.42. The van der Waals surface area contributed by atoms with E-state index in [2.05, 4.69) is 5.32 Å². The van der Waals surface area contributed by atoms with E-state index in [1.165, 1.54) is 31.9 Å². The van der Waals surface area contributed by atoms with Crippen LogP contribution in [-0.4, -0.2) is 38.0 Å². The van der Waals surface area contributed by atoms with Crippen LogP contribution in [0.1, 0.15) is 6.92 Å². The highest BCUT2D eigenvalue weighted by molar-refractivity contribution is 8.00. The van der Waals surface area contributed by atoms with Crippen molar-refractivity contribution in [1.29, 1.82) is 0 Å². The fourth-order valence-electron chi connectivity index (χ4n) is 1.98. The van der Waals surface area contributed by atoms with E-state index >= 15 is 0 Å². The van der Waals surface area contributed by atoms with Gasteiger partial charge in [-0.3, -0.25) is 4.79 Å². The van der Waals surface area contributed by atoms with Crippen LogP contribution in [0, 0.1) is 0 Å². The third-order valence-corrected chi connectivity index (χ3v) is 6.31. The van der Waals surface area contributed by atoms with Crippen LogP contribution < -0.4 is 5.32 Å². The van der Waals surface area contributed by atoms with E-state index < -0.39 is 10.0 Å². The fraction of sp³-hybridized carbons (Fsp3) is 0.235. The van der Waals surface area contributed by atoms with Crippen LogP contribution in [0.3, 0.4) is 0 Å². The van der Waals surface area contributed by atoms with Crippen molar-refractivity contribution in [1.82, 2.24) is 4.31 Å². The molecule has 2 aromatic rings. The standard InChI is InChI=1S/C17H20N2O3S2/c1-13(23-14-9-5-4-6-10-14)17(20)18-15-11-7-8-12-16(15)24(21,22)19(2)3/h4-13H,1-3H3,(H,18,20). The number of hydrogen-bond acceptors (Lipinski definition) is 4. The first kappa shape index (κ1) is 18.5. The highest BCUT2D eigenvalue weighted by Crippen LogP contribution is 2.26. The molecule has 0 aliphatic rings. The Morgan fingerprint density at radius 3 is 2.25 bits per heavy atom. The Hall–Kier alpha value is -1.83. The molecule has 0 radical (unpaired) electrons. The lowest BCUT2D eigenvalue weighted by Gasteiger charge is -2.17. The number of amides is 1. The second-order valence-corrected chi connectivity index (χ2v) is 8.88. The summed E-state index contributed by atoms with van der Waals surface area (Å²) in [5, 5.41) is 2.37. The van der Waals surface area contributed by atoms with Gasteiger partial charge in [-0.05, 0) is 31.2 Å². The third kappa shape index (κ3) is 4.37. The van der Waals surface area contributed by atoms with E-state index in [0.717, 1.165) is 9.20 Å². The molecular formula is C17H20N2O3S2. The Kier molecular flexibility index (Phi) is 6.04. The van der Waals surface area contributed by atoms with Gasteiger partial charge in [-0.25, -0.2) is 12.7 Å². The molecule has 0 fully saturated rings. The van der Waals surface area contributed by atoms with Crippen LogP contribution in [0.5, 0.6) is 0 Å². The summed E-state index contributed by atoms with van der Waals surface area (Å²) in [5.74, 6) is -0.245. The van der Waals surface area contributed by atoms with Crippen molar-refractivity contribution in [2.75, 3.05) is 19.4 Å². The molecule has 0 saturated heterocycles. The molecule has 0 saturated carbocycles. The number of para-hydroxylation sites is 1. The first-order valence-corrected chi connectivity index (χ1v) is 9.68. The van der Waals surface area contributed by atoms with Gasteiger partial charge in [0.25, 0.3) is 0 Å². The molecule has 24 heavy (non-hydrogen) atoms. The predicted molar refractivity (Wildman–Crippen MR) is 97.7 cm³/mol. The number of anilines is 1. The minimum Gasteiger partial charge on any atom is -0.324 e. The van der Waals surface area contributed by atoms with E-state index in [1.54, 1.807) is 25.1 Å². The smallest absolute Gasteiger partial charge is 0.244 e. The van der Waals surface area contributed by atoms with Crippen LogP contribution in [0.4, 0.5) is 5.69 Å². The molecule has 0 bridgehead atoms. The zero-order chi connectivity index (χ0) is 17.7. The number of nitrogens with zero attached hydrogens (tertiary/aromatic N) is 1. The Balaban J connectivity index is 2.18. The fourth-order valence-corrected chi connectivity index (χ4v) is 3.91. The Morgan fingerprint density at radius 1 is 1.04 bits per heavy atom. The van der Waals surface area contributed by atoms with Gasteiger partial charge in [0.15, 0.2) is 0 Å². The van der Waals surface area contributed by atoms with Crippen molar-refractivity contribution in [3.63, 3.8) is 0 Å². The minimum atomic E-state index is -3.63. The monoisotopic (exact) mass is 364 g/mol. The molecule has 1 unspecified atom stereocenters. The Morgan fingerprint density at radius 2 is 1.62 bits per heavy atom. The molecule has 0 aliphatic heterocycles. The SMILES string of the molecule is CC(Sc1ccccc1)C(=O)Nc1ccccc1S(=O)(=O)N(C)C. The van der Waals surface area contributed by atoms with E-state index in [0.29, 0.717) is 0 Å². The lowest BCUT2D eigenvalue weighted by molar-refractivity contribution is -0.115. The zero-order valence-corrected chi connectivity index (χ0v) is 15.4. The first-order valence-electron chi connectivity index (χ1n) is 7.36. The van der Waals surface area contributed by atoms with Crippen LogP contribution in [-0.2, 0) is 14.8 Å². The summed E-state index contributed by atoms with van der Waals surface area (Å²) in [4.78, 5) is 13.5. The largest absolute Gasteiger partial charge is 0.324 e. The molecule has 7 heteroatoms. The molecule has 2 aromatic carbocycles. The maximum absolute atomic E-state index is 12.4. The lowest BCUT2D eigenvalue weighted by Crippen LogP contribution is -2.26. The second kappa shape index (κ2) is 7.83. The molecule has 1 amide bonds. The number of carbonyl (C=O) groups excluding carboxylic acids is 1. The van der Waals surface area contributed by atoms with Crippen LogP contribution in [0.25, 0.3) is 0 Å². The van der Waals surface area contributed by atoms with Crippen LogP contribution in [0.2, 0.25) is 0 Å². The van der Waals surface area contributed by atoms with Gasteiger partial charge < -0.3 is 5.32 Å². The number of benzene rings is 2.